The molecule has 0 aliphatic rings. The Labute approximate surface area is 119 Å². The average Bonchev–Trinajstić information content (AvgIpc) is 2.20. The Kier molecular flexibility index (Phi) is 5.97. The van der Waals surface area contributed by atoms with E-state index in [-0.39, 0.29) is 13.1 Å². The molecular weight excluding hydrogens is 286 g/mol. The summed E-state index contributed by atoms with van der Waals surface area (Å²) in [6.45, 7) is 6.26. The molecule has 20 heavy (non-hydrogen) atoms. The topological polar surface area (TPSA) is 125 Å². The molecule has 0 fully saturated rings. The number of aliphatic carboxylic acids is 1. The fourth-order valence-electron chi connectivity index (χ4n) is 1.28. The van der Waals surface area contributed by atoms with Crippen LogP contribution in [0.2, 0.25) is 0 Å². The van der Waals surface area contributed by atoms with Crippen molar-refractivity contribution in [1.29, 1.82) is 0 Å². The van der Waals surface area contributed by atoms with Gasteiger partial charge in [0.25, 0.3) is 0 Å². The third kappa shape index (κ3) is 7.95. The highest BCUT2D eigenvalue weighted by molar-refractivity contribution is 7.88. The molecule has 2 amide bonds. The molecule has 0 aliphatic heterocycles. The number of carboxylic acids is 1. The van der Waals surface area contributed by atoms with E-state index in [1.54, 1.807) is 13.8 Å². The van der Waals surface area contributed by atoms with Crippen molar-refractivity contribution in [1.82, 2.24) is 15.4 Å². The normalized spacial score (nSPS) is 12.8. The van der Waals surface area contributed by atoms with Crippen LogP contribution in [0.4, 0.5) is 4.79 Å². The van der Waals surface area contributed by atoms with Crippen LogP contribution < -0.4 is 15.4 Å². The third-order valence-electron chi connectivity index (χ3n) is 2.42. The van der Waals surface area contributed by atoms with Gasteiger partial charge in [0.1, 0.15) is 0 Å². The molecule has 0 aromatic carbocycles. The lowest BCUT2D eigenvalue weighted by molar-refractivity contribution is -0.146. The van der Waals surface area contributed by atoms with Crippen LogP contribution in [-0.2, 0) is 14.8 Å². The summed E-state index contributed by atoms with van der Waals surface area (Å²) in [6.07, 6.45) is 1.03. The quantitative estimate of drug-likeness (QED) is 0.515. The first-order chi connectivity index (χ1) is 8.75. The van der Waals surface area contributed by atoms with Crippen LogP contribution in [0.15, 0.2) is 0 Å². The number of hydrogen-bond acceptors (Lipinski definition) is 4. The Balaban J connectivity index is 4.28. The number of carboxylic acid groups (broad SMARTS) is 1. The summed E-state index contributed by atoms with van der Waals surface area (Å²) in [6, 6.07) is -0.553. The fourth-order valence-corrected chi connectivity index (χ4v) is 2.35. The van der Waals surface area contributed by atoms with Gasteiger partial charge in [-0.3, -0.25) is 4.79 Å². The van der Waals surface area contributed by atoms with Gasteiger partial charge in [-0.05, 0) is 27.7 Å². The first-order valence-electron chi connectivity index (χ1n) is 5.99. The zero-order chi connectivity index (χ0) is 16.2. The lowest BCUT2D eigenvalue weighted by Crippen LogP contribution is -2.53. The van der Waals surface area contributed by atoms with E-state index in [2.05, 4.69) is 15.4 Å². The summed E-state index contributed by atoms with van der Waals surface area (Å²) < 4.78 is 24.6. The van der Waals surface area contributed by atoms with Crippen molar-refractivity contribution in [2.45, 2.75) is 33.2 Å². The summed E-state index contributed by atoms with van der Waals surface area (Å²) in [7, 11) is -3.38. The van der Waals surface area contributed by atoms with Crippen molar-refractivity contribution < 1.29 is 23.1 Å². The molecule has 0 saturated carbocycles. The van der Waals surface area contributed by atoms with Gasteiger partial charge in [-0.1, -0.05) is 0 Å². The second-order valence-electron chi connectivity index (χ2n) is 5.98. The number of hydrogen-bond donors (Lipinski definition) is 4. The first-order valence-corrected chi connectivity index (χ1v) is 7.88. The average molecular weight is 309 g/mol. The van der Waals surface area contributed by atoms with Crippen LogP contribution in [-0.4, -0.2) is 50.4 Å². The van der Waals surface area contributed by atoms with Gasteiger partial charge in [-0.15, -0.1) is 0 Å². The van der Waals surface area contributed by atoms with E-state index in [4.69, 9.17) is 5.11 Å². The van der Waals surface area contributed by atoms with Gasteiger partial charge in [0.05, 0.1) is 11.7 Å². The second-order valence-corrected chi connectivity index (χ2v) is 7.73. The SMILES string of the molecule is CC(C)(CNC(=O)NCC(C)(C)C(=O)O)NS(C)(=O)=O. The number of carbonyl (C=O) groups excluding carboxylic acids is 1. The summed E-state index contributed by atoms with van der Waals surface area (Å²) in [5, 5.41) is 13.8. The van der Waals surface area contributed by atoms with Crippen molar-refractivity contribution in [3.05, 3.63) is 0 Å². The molecule has 4 N–H and O–H groups in total. The van der Waals surface area contributed by atoms with E-state index in [1.165, 1.54) is 13.8 Å². The molecule has 0 atom stereocenters. The lowest BCUT2D eigenvalue weighted by atomic mass is 9.94. The van der Waals surface area contributed by atoms with Crippen molar-refractivity contribution in [3.63, 3.8) is 0 Å². The minimum absolute atomic E-state index is 0.0336. The van der Waals surface area contributed by atoms with Crippen LogP contribution in [0.5, 0.6) is 0 Å². The molecule has 9 heteroatoms. The van der Waals surface area contributed by atoms with Crippen molar-refractivity contribution in [3.8, 4) is 0 Å². The second kappa shape index (κ2) is 6.40. The minimum atomic E-state index is -3.38. The van der Waals surface area contributed by atoms with Crippen LogP contribution in [0.3, 0.4) is 0 Å². The van der Waals surface area contributed by atoms with Gasteiger partial charge in [0, 0.05) is 18.6 Å². The summed E-state index contributed by atoms with van der Waals surface area (Å²) in [5.74, 6) is -1.02. The highest BCUT2D eigenvalue weighted by Crippen LogP contribution is 2.12. The Morgan fingerprint density at radius 1 is 1.05 bits per heavy atom. The molecular formula is C11H23N3O5S. The van der Waals surface area contributed by atoms with E-state index >= 15 is 0 Å². The van der Waals surface area contributed by atoms with E-state index in [1.807, 2.05) is 0 Å². The smallest absolute Gasteiger partial charge is 0.314 e. The van der Waals surface area contributed by atoms with Crippen LogP contribution >= 0.6 is 0 Å². The zero-order valence-electron chi connectivity index (χ0n) is 12.4. The van der Waals surface area contributed by atoms with Crippen molar-refractivity contribution in [2.75, 3.05) is 19.3 Å². The molecule has 0 heterocycles. The number of carbonyl (C=O) groups is 2. The zero-order valence-corrected chi connectivity index (χ0v) is 13.2. The predicted octanol–water partition coefficient (Wildman–Crippen LogP) is -0.276. The number of urea groups is 1. The molecule has 0 bridgehead atoms. The molecule has 118 valence electrons. The monoisotopic (exact) mass is 309 g/mol. The van der Waals surface area contributed by atoms with E-state index < -0.39 is 33.0 Å². The van der Waals surface area contributed by atoms with Gasteiger partial charge in [0.15, 0.2) is 0 Å². The van der Waals surface area contributed by atoms with E-state index in [0.717, 1.165) is 6.26 Å². The van der Waals surface area contributed by atoms with Gasteiger partial charge < -0.3 is 15.7 Å². The molecule has 0 aromatic heterocycles. The van der Waals surface area contributed by atoms with Crippen LogP contribution in [0, 0.1) is 5.41 Å². The van der Waals surface area contributed by atoms with Crippen LogP contribution in [0.25, 0.3) is 0 Å². The largest absolute Gasteiger partial charge is 0.481 e. The summed E-state index contributed by atoms with van der Waals surface area (Å²) >= 11 is 0. The van der Waals surface area contributed by atoms with Gasteiger partial charge >= 0.3 is 12.0 Å². The molecule has 0 aromatic rings. The maximum atomic E-state index is 11.5. The Hall–Kier alpha value is -1.35. The van der Waals surface area contributed by atoms with Crippen molar-refractivity contribution in [2.24, 2.45) is 5.41 Å². The maximum Gasteiger partial charge on any atom is 0.314 e. The lowest BCUT2D eigenvalue weighted by Gasteiger charge is -2.26. The summed E-state index contributed by atoms with van der Waals surface area (Å²) in [5.41, 5.74) is -1.91. The Morgan fingerprint density at radius 2 is 1.50 bits per heavy atom. The van der Waals surface area contributed by atoms with Crippen LogP contribution in [0.1, 0.15) is 27.7 Å². The molecule has 0 rings (SSSR count). The summed E-state index contributed by atoms with van der Waals surface area (Å²) in [4.78, 5) is 22.4. The standard InChI is InChI=1S/C11H23N3O5S/c1-10(2,8(15)16)6-12-9(17)13-7-11(3,4)14-20(5,18)19/h14H,6-7H2,1-5H3,(H,15,16)(H2,12,13,17). The predicted molar refractivity (Wildman–Crippen MR) is 74.9 cm³/mol. The number of rotatable bonds is 7. The number of sulfonamides is 1. The third-order valence-corrected chi connectivity index (χ3v) is 3.35. The van der Waals surface area contributed by atoms with Gasteiger partial charge in [-0.2, -0.15) is 0 Å². The minimum Gasteiger partial charge on any atom is -0.481 e. The number of nitrogens with one attached hydrogen (secondary N) is 3. The molecule has 0 radical (unpaired) electrons. The number of amides is 2. The van der Waals surface area contributed by atoms with E-state index in [0.29, 0.717) is 0 Å². The van der Waals surface area contributed by atoms with Gasteiger partial charge in [-0.25, -0.2) is 17.9 Å². The first kappa shape index (κ1) is 18.7. The van der Waals surface area contributed by atoms with E-state index in [9.17, 15) is 18.0 Å². The Bertz CT molecular complexity index is 470. The molecule has 0 unspecified atom stereocenters. The maximum absolute atomic E-state index is 11.5. The van der Waals surface area contributed by atoms with Gasteiger partial charge in [0.2, 0.25) is 10.0 Å². The molecule has 8 nitrogen and oxygen atoms in total. The highest BCUT2D eigenvalue weighted by atomic mass is 32.2. The van der Waals surface area contributed by atoms with Crippen molar-refractivity contribution >= 4 is 22.0 Å². The molecule has 0 aliphatic carbocycles. The Morgan fingerprint density at radius 3 is 1.90 bits per heavy atom. The highest BCUT2D eigenvalue weighted by Gasteiger charge is 2.28. The molecule has 0 spiro atoms. The molecule has 0 saturated heterocycles. The fraction of sp³-hybridized carbons (Fsp3) is 0.818.